The summed E-state index contributed by atoms with van der Waals surface area (Å²) < 4.78 is 38.8. The van der Waals surface area contributed by atoms with Gasteiger partial charge in [0.25, 0.3) is 5.88 Å². The van der Waals surface area contributed by atoms with Gasteiger partial charge in [-0.2, -0.15) is 0 Å². The fourth-order valence-electron chi connectivity index (χ4n) is 2.96. The number of amides is 1. The van der Waals surface area contributed by atoms with E-state index in [-0.39, 0.29) is 41.2 Å². The van der Waals surface area contributed by atoms with Crippen LogP contribution in [-0.2, 0) is 9.53 Å². The molecule has 0 aromatic carbocycles. The standard InChI is InChI=1S/C19H22F2N4O3/c1-11(25-12(2)26)9-27-15-5-13(6-15)10-28-19-17(21)16(3-4-22-19)18-23-7-14(20)8-24-18/h3-4,7-8,11,13,15H,5-6,9-10H2,1-2H3,(H,25,26)/t11-,13?,15?/m0/s1. The predicted molar refractivity (Wildman–Crippen MR) is 96.4 cm³/mol. The Morgan fingerprint density at radius 1 is 1.29 bits per heavy atom. The second-order valence-electron chi connectivity index (χ2n) is 6.91. The van der Waals surface area contributed by atoms with Crippen LogP contribution in [0.4, 0.5) is 8.78 Å². The maximum absolute atomic E-state index is 14.6. The molecule has 3 rings (SSSR count). The lowest BCUT2D eigenvalue weighted by atomic mass is 9.83. The van der Waals surface area contributed by atoms with Gasteiger partial charge in [0.2, 0.25) is 5.91 Å². The summed E-state index contributed by atoms with van der Waals surface area (Å²) in [6.45, 7) is 4.12. The summed E-state index contributed by atoms with van der Waals surface area (Å²) in [6, 6.07) is 1.38. The van der Waals surface area contributed by atoms with Gasteiger partial charge < -0.3 is 14.8 Å². The molecule has 2 aromatic heterocycles. The average Bonchev–Trinajstić information content (AvgIpc) is 2.61. The van der Waals surface area contributed by atoms with Gasteiger partial charge in [0.15, 0.2) is 17.5 Å². The molecular formula is C19H22F2N4O3. The van der Waals surface area contributed by atoms with Crippen molar-refractivity contribution in [2.24, 2.45) is 5.92 Å². The number of nitrogens with one attached hydrogen (secondary N) is 1. The zero-order valence-corrected chi connectivity index (χ0v) is 15.7. The second-order valence-corrected chi connectivity index (χ2v) is 6.91. The maximum atomic E-state index is 14.6. The summed E-state index contributed by atoms with van der Waals surface area (Å²) in [6.07, 6.45) is 5.07. The molecule has 1 fully saturated rings. The number of carbonyl (C=O) groups excluding carboxylic acids is 1. The molecule has 9 heteroatoms. The molecule has 28 heavy (non-hydrogen) atoms. The van der Waals surface area contributed by atoms with Crippen molar-refractivity contribution < 1.29 is 23.0 Å². The van der Waals surface area contributed by atoms with Gasteiger partial charge in [-0.05, 0) is 31.7 Å². The average molecular weight is 392 g/mol. The van der Waals surface area contributed by atoms with Crippen molar-refractivity contribution in [1.29, 1.82) is 0 Å². The van der Waals surface area contributed by atoms with Gasteiger partial charge >= 0.3 is 0 Å². The number of rotatable bonds is 8. The van der Waals surface area contributed by atoms with E-state index in [0.717, 1.165) is 25.2 Å². The van der Waals surface area contributed by atoms with Crippen LogP contribution in [0.5, 0.6) is 5.88 Å². The molecule has 1 N–H and O–H groups in total. The first-order chi connectivity index (χ1) is 13.4. The van der Waals surface area contributed by atoms with Gasteiger partial charge in [-0.1, -0.05) is 0 Å². The van der Waals surface area contributed by atoms with Crippen LogP contribution in [0, 0.1) is 17.6 Å². The SMILES string of the molecule is CC(=O)N[C@@H](C)COC1CC(COc2nccc(-c3ncc(F)cn3)c2F)C1. The van der Waals surface area contributed by atoms with Crippen LogP contribution >= 0.6 is 0 Å². The predicted octanol–water partition coefficient (Wildman–Crippen LogP) is 2.52. The Hall–Kier alpha value is -2.68. The number of nitrogens with zero attached hydrogens (tertiary/aromatic N) is 3. The first-order valence-corrected chi connectivity index (χ1v) is 9.06. The minimum absolute atomic E-state index is 0.0393. The van der Waals surface area contributed by atoms with E-state index in [2.05, 4.69) is 20.3 Å². The van der Waals surface area contributed by atoms with E-state index in [9.17, 15) is 13.6 Å². The number of pyridine rings is 1. The molecule has 2 heterocycles. The molecule has 0 radical (unpaired) electrons. The highest BCUT2D eigenvalue weighted by molar-refractivity contribution is 5.73. The molecule has 1 aliphatic carbocycles. The molecule has 1 amide bonds. The van der Waals surface area contributed by atoms with E-state index in [1.54, 1.807) is 0 Å². The lowest BCUT2D eigenvalue weighted by Gasteiger charge is -2.35. The van der Waals surface area contributed by atoms with Crippen molar-refractivity contribution in [3.63, 3.8) is 0 Å². The Balaban J connectivity index is 1.47. The highest BCUT2D eigenvalue weighted by atomic mass is 19.1. The van der Waals surface area contributed by atoms with Gasteiger partial charge in [0.1, 0.15) is 0 Å². The van der Waals surface area contributed by atoms with E-state index in [4.69, 9.17) is 9.47 Å². The van der Waals surface area contributed by atoms with Gasteiger partial charge in [-0.15, -0.1) is 0 Å². The Bertz CT molecular complexity index is 813. The summed E-state index contributed by atoms with van der Waals surface area (Å²) >= 11 is 0. The van der Waals surface area contributed by atoms with Gasteiger partial charge in [0.05, 0.1) is 37.3 Å². The van der Waals surface area contributed by atoms with E-state index in [1.165, 1.54) is 19.2 Å². The first kappa shape index (κ1) is 20.1. The first-order valence-electron chi connectivity index (χ1n) is 9.06. The van der Waals surface area contributed by atoms with Crippen molar-refractivity contribution in [2.75, 3.05) is 13.2 Å². The lowest BCUT2D eigenvalue weighted by Crippen LogP contribution is -2.40. The highest BCUT2D eigenvalue weighted by Gasteiger charge is 2.31. The molecule has 0 aliphatic heterocycles. The third kappa shape index (κ3) is 5.19. The number of hydrogen-bond acceptors (Lipinski definition) is 6. The maximum Gasteiger partial charge on any atom is 0.251 e. The molecule has 1 saturated carbocycles. The number of ether oxygens (including phenoxy) is 2. The van der Waals surface area contributed by atoms with Crippen LogP contribution in [0.1, 0.15) is 26.7 Å². The van der Waals surface area contributed by atoms with Gasteiger partial charge in [-0.3, -0.25) is 4.79 Å². The fraction of sp³-hybridized carbons (Fsp3) is 0.474. The van der Waals surface area contributed by atoms with Crippen LogP contribution in [-0.4, -0.2) is 46.2 Å². The number of hydrogen-bond donors (Lipinski definition) is 1. The van der Waals surface area contributed by atoms with E-state index < -0.39 is 11.6 Å². The number of halogens is 2. The van der Waals surface area contributed by atoms with Crippen molar-refractivity contribution in [1.82, 2.24) is 20.3 Å². The van der Waals surface area contributed by atoms with Crippen LogP contribution < -0.4 is 10.1 Å². The van der Waals surface area contributed by atoms with Gasteiger partial charge in [0, 0.05) is 19.2 Å². The fourth-order valence-corrected chi connectivity index (χ4v) is 2.96. The summed E-state index contributed by atoms with van der Waals surface area (Å²) in [5.41, 5.74) is 0.103. The Morgan fingerprint density at radius 2 is 2.00 bits per heavy atom. The van der Waals surface area contributed by atoms with E-state index >= 15 is 0 Å². The second kappa shape index (κ2) is 9.01. The highest BCUT2D eigenvalue weighted by Crippen LogP contribution is 2.32. The van der Waals surface area contributed by atoms with E-state index in [0.29, 0.717) is 13.2 Å². The minimum atomic E-state index is -0.676. The molecule has 1 aliphatic rings. The van der Waals surface area contributed by atoms with Crippen LogP contribution in [0.2, 0.25) is 0 Å². The van der Waals surface area contributed by atoms with Crippen molar-refractivity contribution in [2.45, 2.75) is 38.8 Å². The molecule has 0 spiro atoms. The quantitative estimate of drug-likeness (QED) is 0.743. The van der Waals surface area contributed by atoms with Crippen molar-refractivity contribution in [3.05, 3.63) is 36.3 Å². The largest absolute Gasteiger partial charge is 0.475 e. The summed E-state index contributed by atoms with van der Waals surface area (Å²) in [7, 11) is 0. The van der Waals surface area contributed by atoms with Crippen molar-refractivity contribution >= 4 is 5.91 Å². The summed E-state index contributed by atoms with van der Waals surface area (Å²) in [5, 5.41) is 2.76. The molecule has 7 nitrogen and oxygen atoms in total. The molecule has 150 valence electrons. The zero-order chi connectivity index (χ0) is 20.1. The van der Waals surface area contributed by atoms with Crippen LogP contribution in [0.3, 0.4) is 0 Å². The minimum Gasteiger partial charge on any atom is -0.475 e. The lowest BCUT2D eigenvalue weighted by molar-refractivity contribution is -0.120. The number of aromatic nitrogens is 3. The molecule has 0 bridgehead atoms. The normalized spacial score (nSPS) is 19.6. The monoisotopic (exact) mass is 392 g/mol. The topological polar surface area (TPSA) is 86.2 Å². The Kier molecular flexibility index (Phi) is 6.45. The van der Waals surface area contributed by atoms with Crippen LogP contribution in [0.15, 0.2) is 24.7 Å². The zero-order valence-electron chi connectivity index (χ0n) is 15.7. The molecule has 0 unspecified atom stereocenters. The molecular weight excluding hydrogens is 370 g/mol. The van der Waals surface area contributed by atoms with E-state index in [1.807, 2.05) is 6.92 Å². The number of carbonyl (C=O) groups is 1. The van der Waals surface area contributed by atoms with Gasteiger partial charge in [-0.25, -0.2) is 23.7 Å². The molecule has 2 aromatic rings. The Morgan fingerprint density at radius 3 is 2.68 bits per heavy atom. The summed E-state index contributed by atoms with van der Waals surface area (Å²) in [4.78, 5) is 22.5. The molecule has 0 saturated heterocycles. The molecule has 1 atom stereocenters. The third-order valence-corrected chi connectivity index (χ3v) is 4.40. The smallest absolute Gasteiger partial charge is 0.251 e. The van der Waals surface area contributed by atoms with Crippen molar-refractivity contribution in [3.8, 4) is 17.3 Å². The Labute approximate surface area is 161 Å². The summed E-state index contributed by atoms with van der Waals surface area (Å²) in [5.74, 6) is -1.18. The van der Waals surface area contributed by atoms with Crippen LogP contribution in [0.25, 0.3) is 11.4 Å². The third-order valence-electron chi connectivity index (χ3n) is 4.40.